The third kappa shape index (κ3) is 15.2. The van der Waals surface area contributed by atoms with Crippen molar-refractivity contribution < 1.29 is 152 Å². The zero-order valence-electron chi connectivity index (χ0n) is 85.1. The van der Waals surface area contributed by atoms with E-state index in [2.05, 4.69) is 36.4 Å². The number of hydrogen-bond acceptors (Lipinski definition) is 36. The van der Waals surface area contributed by atoms with Crippen molar-refractivity contribution in [3.05, 3.63) is 167 Å². The minimum atomic E-state index is -2.34. The lowest BCUT2D eigenvalue weighted by Gasteiger charge is -2.53. The van der Waals surface area contributed by atoms with Gasteiger partial charge in [-0.3, -0.25) is 0 Å². The Bertz CT molecular complexity index is 5610. The molecule has 36 heteroatoms. The number of methoxy groups -OCH3 is 32. The van der Waals surface area contributed by atoms with E-state index >= 15 is 0 Å². The molecule has 4 aliphatic rings. The molecule has 141 heavy (non-hydrogen) atoms. The number of benzene rings is 10. The lowest BCUT2D eigenvalue weighted by atomic mass is 9.66. The van der Waals surface area contributed by atoms with Crippen molar-refractivity contribution in [2.45, 2.75) is 16.7 Å². The van der Waals surface area contributed by atoms with Crippen LogP contribution in [0.5, 0.6) is 184 Å². The maximum Gasteiger partial charge on any atom is 0.209 e. The fourth-order valence-electron chi connectivity index (χ4n) is 20.0. The summed E-state index contributed by atoms with van der Waals surface area (Å²) in [6.07, 6.45) is 12.3. The first-order valence-electron chi connectivity index (χ1n) is 43.5. The maximum atomic E-state index is 6.94. The van der Waals surface area contributed by atoms with Crippen LogP contribution in [0.4, 0.5) is 45.5 Å². The Morgan fingerprint density at radius 2 is 0.319 bits per heavy atom. The van der Waals surface area contributed by atoms with Crippen molar-refractivity contribution >= 4 is 45.5 Å². The molecule has 0 radical (unpaired) electrons. The highest BCUT2D eigenvalue weighted by molar-refractivity contribution is 6.01. The summed E-state index contributed by atoms with van der Waals surface area (Å²) in [7, 11) is 47.6. The van der Waals surface area contributed by atoms with Gasteiger partial charge in [0.05, 0.1) is 278 Å². The summed E-state index contributed by atoms with van der Waals surface area (Å²) in [5.41, 5.74) is -0.160. The number of ether oxygens (including phenoxy) is 32. The van der Waals surface area contributed by atoms with E-state index in [0.717, 1.165) is 11.1 Å². The quantitative estimate of drug-likeness (QED) is 0.0320. The number of rotatable bonds is 44. The van der Waals surface area contributed by atoms with E-state index in [0.29, 0.717) is 33.4 Å². The molecule has 10 aromatic carbocycles. The van der Waals surface area contributed by atoms with E-state index in [9.17, 15) is 0 Å². The highest BCUT2D eigenvalue weighted by Gasteiger charge is 2.62. The highest BCUT2D eigenvalue weighted by Crippen LogP contribution is 2.73. The van der Waals surface area contributed by atoms with Gasteiger partial charge in [-0.1, -0.05) is 60.7 Å². The van der Waals surface area contributed by atoms with Gasteiger partial charge in [0.25, 0.3) is 0 Å². The molecule has 0 unspecified atom stereocenters. The highest BCUT2D eigenvalue weighted by atomic mass is 16.6. The molecule has 10 aromatic rings. The van der Waals surface area contributed by atoms with E-state index < -0.39 is 16.7 Å². The van der Waals surface area contributed by atoms with Crippen molar-refractivity contribution in [2.24, 2.45) is 0 Å². The second-order valence-corrected chi connectivity index (χ2v) is 30.9. The summed E-state index contributed by atoms with van der Waals surface area (Å²) in [6, 6.07) is 30.2. The number of fused-ring (bicyclic) bond motifs is 9. The molecule has 0 amide bonds. The molecule has 0 aromatic heterocycles. The number of hydrogen-bond donors (Lipinski definition) is 0. The van der Waals surface area contributed by atoms with E-state index in [1.807, 2.05) is 68.2 Å². The minimum absolute atomic E-state index is 0.0331. The van der Waals surface area contributed by atoms with Crippen LogP contribution in [-0.4, -0.2) is 239 Å². The predicted molar refractivity (Wildman–Crippen MR) is 529 cm³/mol. The normalized spacial score (nSPS) is 13.3. The van der Waals surface area contributed by atoms with Crippen LogP contribution in [0.1, 0.15) is 11.1 Å². The number of allylic oxidation sites excluding steroid dienone is 6. The summed E-state index contributed by atoms with van der Waals surface area (Å²) in [5.74, 6) is 2.55. The van der Waals surface area contributed by atoms with Crippen molar-refractivity contribution in [1.29, 1.82) is 0 Å². The smallest absolute Gasteiger partial charge is 0.209 e. The summed E-state index contributed by atoms with van der Waals surface area (Å²) >= 11 is 0. The zero-order valence-corrected chi connectivity index (χ0v) is 85.1. The Kier molecular flexibility index (Phi) is 29.7. The van der Waals surface area contributed by atoms with Gasteiger partial charge < -0.3 is 171 Å². The molecule has 1 spiro atoms. The Hall–Kier alpha value is -16.3. The van der Waals surface area contributed by atoms with Gasteiger partial charge in [-0.15, -0.1) is 0 Å². The largest absolute Gasteiger partial charge is 0.493 e. The summed E-state index contributed by atoms with van der Waals surface area (Å²) < 4.78 is 212. The van der Waals surface area contributed by atoms with E-state index in [1.165, 1.54) is 228 Å². The van der Waals surface area contributed by atoms with Gasteiger partial charge in [-0.05, 0) is 68.9 Å². The van der Waals surface area contributed by atoms with E-state index in [-0.39, 0.29) is 229 Å². The molecule has 0 saturated heterocycles. The van der Waals surface area contributed by atoms with Gasteiger partial charge in [0, 0.05) is 48.5 Å². The second-order valence-electron chi connectivity index (χ2n) is 30.9. The Labute approximate surface area is 819 Å². The van der Waals surface area contributed by atoms with Gasteiger partial charge in [0.1, 0.15) is 0 Å². The molecule has 0 saturated carbocycles. The monoisotopic (exact) mass is 1950 g/mol. The predicted octanol–water partition coefficient (Wildman–Crippen LogP) is 18.3. The van der Waals surface area contributed by atoms with Crippen LogP contribution < -0.4 is 171 Å². The van der Waals surface area contributed by atoms with Crippen LogP contribution in [0.25, 0.3) is 11.1 Å². The lowest BCUT2D eigenvalue weighted by molar-refractivity contribution is 0.302. The third-order valence-electron chi connectivity index (χ3n) is 25.4. The van der Waals surface area contributed by atoms with Crippen LogP contribution in [0.2, 0.25) is 0 Å². The SMILES string of the molecule is COc1cc(N(c2cc(OC)c(OC)c(OC)c2OC)C2(N(c3cc(OC)c(OC)c(OC)c3OC)c3cc(OC)c(OC)c(OC)c3OC)C=CC3=C4C=CC(N(c5cc(OC)c(OC)c(OC)c5OC)c5cc(OC)c(OC)c(OC)c5OC)(N(c5cc(OC)c(OC)c(OC)c5OC)c5cc(OC)c(OC)c(OC)c5OC)C=C4C4(C3=C2)c2ccccc2-c2ccccc24)c(OC)c(OC)c1OC. The molecule has 0 heterocycles. The molecule has 0 atom stereocenters. The molecular weight excluding hydrogens is 1830 g/mol. The van der Waals surface area contributed by atoms with E-state index in [4.69, 9.17) is 152 Å². The van der Waals surface area contributed by atoms with Crippen LogP contribution in [-0.2, 0) is 5.41 Å². The average molecular weight is 1950 g/mol. The molecule has 750 valence electrons. The molecule has 0 aliphatic heterocycles. The summed E-state index contributed by atoms with van der Waals surface area (Å²) in [4.78, 5) is 7.71. The Morgan fingerprint density at radius 1 is 0.170 bits per heavy atom. The van der Waals surface area contributed by atoms with Crippen LogP contribution in [0, 0.1) is 0 Å². The molecule has 4 aliphatic carbocycles. The first kappa shape index (κ1) is 101. The third-order valence-corrected chi connectivity index (χ3v) is 25.4. The van der Waals surface area contributed by atoms with Crippen molar-refractivity contribution in [1.82, 2.24) is 0 Å². The average Bonchev–Trinajstić information content (AvgIpc) is 1.52. The summed E-state index contributed by atoms with van der Waals surface area (Å²) in [6.45, 7) is 0. The molecule has 0 fully saturated rings. The van der Waals surface area contributed by atoms with Gasteiger partial charge in [-0.25, -0.2) is 0 Å². The van der Waals surface area contributed by atoms with Crippen LogP contribution in [0.15, 0.2) is 156 Å². The van der Waals surface area contributed by atoms with Crippen molar-refractivity contribution in [3.63, 3.8) is 0 Å². The maximum absolute atomic E-state index is 6.94. The van der Waals surface area contributed by atoms with E-state index in [1.54, 1.807) is 48.5 Å². The first-order chi connectivity index (χ1) is 68.5. The van der Waals surface area contributed by atoms with Crippen LogP contribution in [0.3, 0.4) is 0 Å². The van der Waals surface area contributed by atoms with Gasteiger partial charge in [0.15, 0.2) is 103 Å². The molecule has 0 N–H and O–H groups in total. The molecule has 36 nitrogen and oxygen atoms in total. The van der Waals surface area contributed by atoms with Crippen LogP contribution >= 0.6 is 0 Å². The molecular formula is C105H118N4O32. The van der Waals surface area contributed by atoms with Crippen molar-refractivity contribution in [2.75, 3.05) is 247 Å². The number of nitrogens with zero attached hydrogens (tertiary/aromatic N) is 4. The van der Waals surface area contributed by atoms with Gasteiger partial charge in [0.2, 0.25) is 92.0 Å². The second kappa shape index (κ2) is 41.6. The number of anilines is 8. The molecule has 0 bridgehead atoms. The Balaban J connectivity index is 1.39. The summed E-state index contributed by atoms with van der Waals surface area (Å²) in [5, 5.41) is 0. The van der Waals surface area contributed by atoms with Crippen molar-refractivity contribution in [3.8, 4) is 195 Å². The van der Waals surface area contributed by atoms with Gasteiger partial charge >= 0.3 is 0 Å². The standard InChI is InChI=1S/C105H118N4O32/c1-110-71-45-63(79(118-9)95(134-25)87(71)126-17)106(64-46-72(111-2)88(127-18)96(135-26)80(64)119-10)103(107(65-47-73(112-3)89(128-19)97(136-27)81(65)120-11)66-48-74(113-4)90(129-20)98(137-28)82(66)121-12)43-41-57-58-42-44-104(54-62(58)105(61(57)53-103)59-39-35-33-37-55(59)56-38-34-36-40-60(56)105,108(67-49-75(114-5)91(130-21)99(138-29)83(67)122-13)68-50-76(115-6)92(131-22)100(139-30)84(68)123-14)109(69-51-77(116-7)93(132-23)101(140-31)85(69)124-15)70-52-78(117-8)94(133-24)102(141-32)86(70)125-16/h33-54H,1-32H3. The topological polar surface area (TPSA) is 308 Å². The molecule has 14 rings (SSSR count). The Morgan fingerprint density at radius 3 is 0.461 bits per heavy atom. The fourth-order valence-corrected chi connectivity index (χ4v) is 20.0. The minimum Gasteiger partial charge on any atom is -0.493 e. The fraction of sp³-hybridized carbons (Fsp3) is 0.333. The lowest BCUT2D eigenvalue weighted by Crippen LogP contribution is -2.57. The van der Waals surface area contributed by atoms with Gasteiger partial charge in [-0.2, -0.15) is 0 Å². The zero-order chi connectivity index (χ0) is 102. The first-order valence-corrected chi connectivity index (χ1v) is 43.5.